The molecule has 0 spiro atoms. The predicted molar refractivity (Wildman–Crippen MR) is 86.0 cm³/mol. The van der Waals surface area contributed by atoms with Crippen LogP contribution in [0, 0.1) is 6.92 Å². The molecule has 0 aliphatic rings. The highest BCUT2D eigenvalue weighted by molar-refractivity contribution is 7.89. The van der Waals surface area contributed by atoms with Crippen molar-refractivity contribution in [2.24, 2.45) is 10.9 Å². The van der Waals surface area contributed by atoms with Crippen LogP contribution in [0.2, 0.25) is 0 Å². The molecule has 0 saturated carbocycles. The molecule has 1 aromatic heterocycles. The number of nitrogens with zero attached hydrogens (tertiary/aromatic N) is 1. The summed E-state index contributed by atoms with van der Waals surface area (Å²) in [5.74, 6) is 0.519. The Labute approximate surface area is 128 Å². The first-order chi connectivity index (χ1) is 9.79. The Morgan fingerprint density at radius 1 is 1.24 bits per heavy atom. The van der Waals surface area contributed by atoms with Gasteiger partial charge in [0.25, 0.3) is 0 Å². The number of primary sulfonamides is 1. The van der Waals surface area contributed by atoms with Gasteiger partial charge in [-0.25, -0.2) is 18.5 Å². The average molecular weight is 322 g/mol. The first-order valence-corrected chi connectivity index (χ1v) is 7.90. The van der Waals surface area contributed by atoms with Crippen LogP contribution in [0.25, 0.3) is 0 Å². The number of aromatic nitrogens is 1. The van der Waals surface area contributed by atoms with Gasteiger partial charge < -0.3 is 11.1 Å². The van der Waals surface area contributed by atoms with Crippen molar-refractivity contribution in [3.63, 3.8) is 0 Å². The van der Waals surface area contributed by atoms with E-state index in [2.05, 4.69) is 10.3 Å². The van der Waals surface area contributed by atoms with Crippen LogP contribution >= 0.6 is 12.2 Å². The van der Waals surface area contributed by atoms with E-state index in [9.17, 15) is 8.42 Å². The molecule has 1 aromatic carbocycles. The van der Waals surface area contributed by atoms with Crippen molar-refractivity contribution in [1.29, 1.82) is 0 Å². The molecule has 0 fully saturated rings. The van der Waals surface area contributed by atoms with Crippen LogP contribution in [0.1, 0.15) is 11.1 Å². The fraction of sp³-hybridized carbons (Fsp3) is 0.0769. The number of nitrogens with two attached hydrogens (primary N) is 2. The Morgan fingerprint density at radius 3 is 2.38 bits per heavy atom. The average Bonchev–Trinajstić information content (AvgIpc) is 2.38. The Kier molecular flexibility index (Phi) is 4.21. The quantitative estimate of drug-likeness (QED) is 0.734. The molecule has 110 valence electrons. The van der Waals surface area contributed by atoms with E-state index in [0.717, 1.165) is 5.56 Å². The number of hydrogen-bond donors (Lipinski definition) is 3. The monoisotopic (exact) mass is 322 g/mol. The number of rotatable bonds is 4. The first kappa shape index (κ1) is 15.4. The van der Waals surface area contributed by atoms with Crippen molar-refractivity contribution in [3.8, 4) is 0 Å². The second-order valence-electron chi connectivity index (χ2n) is 4.41. The molecule has 2 aromatic rings. The third-order valence-electron chi connectivity index (χ3n) is 2.85. The van der Waals surface area contributed by atoms with Crippen LogP contribution < -0.4 is 16.2 Å². The topological polar surface area (TPSA) is 111 Å². The summed E-state index contributed by atoms with van der Waals surface area (Å²) in [5.41, 5.74) is 7.92. The van der Waals surface area contributed by atoms with Crippen molar-refractivity contribution >= 4 is 38.7 Å². The van der Waals surface area contributed by atoms with Crippen LogP contribution in [0.5, 0.6) is 0 Å². The third-order valence-corrected chi connectivity index (χ3v) is 3.98. The molecule has 0 bridgehead atoms. The van der Waals surface area contributed by atoms with Gasteiger partial charge in [-0.05, 0) is 42.8 Å². The van der Waals surface area contributed by atoms with Gasteiger partial charge in [-0.15, -0.1) is 0 Å². The lowest BCUT2D eigenvalue weighted by molar-refractivity contribution is 0.598. The number of thiocarbonyl (C=S) groups is 1. The highest BCUT2D eigenvalue weighted by atomic mass is 32.2. The van der Waals surface area contributed by atoms with Crippen LogP contribution in [-0.4, -0.2) is 18.4 Å². The third kappa shape index (κ3) is 3.54. The Balaban J connectivity index is 2.35. The summed E-state index contributed by atoms with van der Waals surface area (Å²) in [4.78, 5) is 4.49. The minimum Gasteiger partial charge on any atom is -0.389 e. The van der Waals surface area contributed by atoms with Crippen molar-refractivity contribution < 1.29 is 8.42 Å². The summed E-state index contributed by atoms with van der Waals surface area (Å²) < 4.78 is 22.4. The molecule has 2 rings (SSSR count). The van der Waals surface area contributed by atoms with E-state index in [1.807, 2.05) is 13.0 Å². The smallest absolute Gasteiger partial charge is 0.238 e. The summed E-state index contributed by atoms with van der Waals surface area (Å²) in [6.07, 6.45) is 1.64. The number of aryl methyl sites for hydroxylation is 1. The zero-order valence-electron chi connectivity index (χ0n) is 11.2. The van der Waals surface area contributed by atoms with Gasteiger partial charge in [0.1, 0.15) is 10.8 Å². The molecular formula is C13H14N4O2S2. The minimum atomic E-state index is -3.70. The molecule has 6 nitrogen and oxygen atoms in total. The molecular weight excluding hydrogens is 308 g/mol. The maximum Gasteiger partial charge on any atom is 0.238 e. The van der Waals surface area contributed by atoms with E-state index in [1.165, 1.54) is 12.1 Å². The minimum absolute atomic E-state index is 0.0415. The summed E-state index contributed by atoms with van der Waals surface area (Å²) in [6.45, 7) is 1.88. The number of hydrogen-bond acceptors (Lipinski definition) is 5. The molecule has 0 aliphatic carbocycles. The predicted octanol–water partition coefficient (Wildman–Crippen LogP) is 1.42. The number of benzene rings is 1. The fourth-order valence-electron chi connectivity index (χ4n) is 1.83. The number of nitrogens with one attached hydrogen (secondary N) is 1. The molecule has 8 heteroatoms. The second kappa shape index (κ2) is 5.76. The van der Waals surface area contributed by atoms with E-state index in [1.54, 1.807) is 18.3 Å². The molecule has 0 radical (unpaired) electrons. The van der Waals surface area contributed by atoms with Crippen molar-refractivity contribution in [1.82, 2.24) is 4.98 Å². The Bertz CT molecular complexity index is 786. The van der Waals surface area contributed by atoms with E-state index < -0.39 is 10.0 Å². The van der Waals surface area contributed by atoms with Gasteiger partial charge in [0.15, 0.2) is 0 Å². The largest absolute Gasteiger partial charge is 0.389 e. The molecule has 0 amide bonds. The van der Waals surface area contributed by atoms with Gasteiger partial charge in [0.2, 0.25) is 10.0 Å². The van der Waals surface area contributed by atoms with Crippen molar-refractivity contribution in [2.45, 2.75) is 11.8 Å². The normalized spacial score (nSPS) is 11.1. The van der Waals surface area contributed by atoms with Gasteiger partial charge >= 0.3 is 0 Å². The van der Waals surface area contributed by atoms with Gasteiger partial charge in [0.05, 0.1) is 10.5 Å². The van der Waals surface area contributed by atoms with Crippen LogP contribution in [0.4, 0.5) is 11.5 Å². The molecule has 5 N–H and O–H groups in total. The lowest BCUT2D eigenvalue weighted by Crippen LogP contribution is -2.15. The van der Waals surface area contributed by atoms with Crippen LogP contribution in [0.15, 0.2) is 41.4 Å². The van der Waals surface area contributed by atoms with Crippen LogP contribution in [-0.2, 0) is 10.0 Å². The molecule has 21 heavy (non-hydrogen) atoms. The second-order valence-corrected chi connectivity index (χ2v) is 6.41. The van der Waals surface area contributed by atoms with Crippen LogP contribution in [0.3, 0.4) is 0 Å². The van der Waals surface area contributed by atoms with Gasteiger partial charge in [0, 0.05) is 11.9 Å². The highest BCUT2D eigenvalue weighted by Crippen LogP contribution is 2.22. The maximum absolute atomic E-state index is 11.2. The molecule has 0 atom stereocenters. The zero-order valence-corrected chi connectivity index (χ0v) is 12.8. The number of sulfonamides is 1. The van der Waals surface area contributed by atoms with Crippen molar-refractivity contribution in [2.75, 3.05) is 5.32 Å². The summed E-state index contributed by atoms with van der Waals surface area (Å²) in [5, 5.41) is 8.11. The molecule has 0 aliphatic heterocycles. The number of anilines is 2. The summed E-state index contributed by atoms with van der Waals surface area (Å²) in [6, 6.07) is 7.81. The SMILES string of the molecule is Cc1ccnc(Nc2ccc(S(N)(=O)=O)cc2)c1C(N)=S. The van der Waals surface area contributed by atoms with E-state index in [4.69, 9.17) is 23.1 Å². The van der Waals surface area contributed by atoms with Crippen molar-refractivity contribution in [3.05, 3.63) is 47.7 Å². The standard InChI is InChI=1S/C13H14N4O2S2/c1-8-6-7-16-13(11(8)12(14)20)17-9-2-4-10(5-3-9)21(15,18)19/h2-7H,1H3,(H2,14,20)(H,16,17)(H2,15,18,19). The zero-order chi connectivity index (χ0) is 15.6. The lowest BCUT2D eigenvalue weighted by Gasteiger charge is -2.12. The Morgan fingerprint density at radius 2 is 1.86 bits per heavy atom. The molecule has 0 unspecified atom stereocenters. The van der Waals surface area contributed by atoms with Gasteiger partial charge in [-0.1, -0.05) is 12.2 Å². The summed E-state index contributed by atoms with van der Waals surface area (Å²) in [7, 11) is -3.70. The van der Waals surface area contributed by atoms with E-state index >= 15 is 0 Å². The number of pyridine rings is 1. The Hall–Kier alpha value is -2.03. The first-order valence-electron chi connectivity index (χ1n) is 5.94. The highest BCUT2D eigenvalue weighted by Gasteiger charge is 2.11. The maximum atomic E-state index is 11.2. The van der Waals surface area contributed by atoms with Gasteiger partial charge in [-0.2, -0.15) is 0 Å². The molecule has 1 heterocycles. The molecule has 0 saturated heterocycles. The van der Waals surface area contributed by atoms with E-state index in [0.29, 0.717) is 17.1 Å². The lowest BCUT2D eigenvalue weighted by atomic mass is 10.1. The fourth-order valence-corrected chi connectivity index (χ4v) is 2.60. The van der Waals surface area contributed by atoms with Gasteiger partial charge in [-0.3, -0.25) is 0 Å². The summed E-state index contributed by atoms with van der Waals surface area (Å²) >= 11 is 5.02. The van der Waals surface area contributed by atoms with E-state index in [-0.39, 0.29) is 9.88 Å².